The first-order chi connectivity index (χ1) is 15.0. The summed E-state index contributed by atoms with van der Waals surface area (Å²) in [7, 11) is 0. The maximum atomic E-state index is 12.4. The molecule has 3 N–H and O–H groups in total. The number of urea groups is 1. The molecule has 2 amide bonds. The number of rotatable bonds is 7. The number of nitrogens with zero attached hydrogens (tertiary/aromatic N) is 3. The van der Waals surface area contributed by atoms with Crippen molar-refractivity contribution >= 4 is 28.1 Å². The van der Waals surface area contributed by atoms with Gasteiger partial charge < -0.3 is 19.9 Å². The van der Waals surface area contributed by atoms with Crippen LogP contribution >= 0.6 is 0 Å². The molecule has 0 saturated carbocycles. The largest absolute Gasteiger partial charge is 0.490 e. The Morgan fingerprint density at radius 3 is 2.74 bits per heavy atom. The average molecular weight is 427 g/mol. The number of H-pyrrole nitrogens is 2. The Morgan fingerprint density at radius 1 is 1.19 bits per heavy atom. The summed E-state index contributed by atoms with van der Waals surface area (Å²) in [6.07, 6.45) is 0.659. The molecule has 9 heteroatoms. The number of para-hydroxylation sites is 1. The van der Waals surface area contributed by atoms with E-state index in [9.17, 15) is 9.59 Å². The van der Waals surface area contributed by atoms with E-state index in [2.05, 4.69) is 39.0 Å². The van der Waals surface area contributed by atoms with Crippen LogP contribution in [-0.2, 0) is 0 Å². The second-order valence-corrected chi connectivity index (χ2v) is 8.38. The van der Waals surface area contributed by atoms with Crippen LogP contribution in [-0.4, -0.2) is 76.7 Å². The van der Waals surface area contributed by atoms with Gasteiger partial charge in [0.1, 0.15) is 5.52 Å². The number of benzene rings is 1. The highest BCUT2D eigenvalue weighted by molar-refractivity contribution is 5.97. The van der Waals surface area contributed by atoms with Gasteiger partial charge in [0.15, 0.2) is 11.4 Å². The van der Waals surface area contributed by atoms with Crippen molar-refractivity contribution in [3.05, 3.63) is 34.7 Å². The van der Waals surface area contributed by atoms with Crippen molar-refractivity contribution in [3.8, 4) is 5.75 Å². The summed E-state index contributed by atoms with van der Waals surface area (Å²) in [5.41, 5.74) is 1.48. The van der Waals surface area contributed by atoms with Crippen molar-refractivity contribution < 1.29 is 9.53 Å². The molecule has 1 aromatic carbocycles. The first kappa shape index (κ1) is 21.2. The van der Waals surface area contributed by atoms with Gasteiger partial charge in [0.2, 0.25) is 0 Å². The van der Waals surface area contributed by atoms with Crippen LogP contribution in [0.3, 0.4) is 0 Å². The third-order valence-electron chi connectivity index (χ3n) is 5.44. The highest BCUT2D eigenvalue weighted by Crippen LogP contribution is 2.30. The van der Waals surface area contributed by atoms with Crippen LogP contribution in [0.1, 0.15) is 20.3 Å². The van der Waals surface area contributed by atoms with E-state index in [4.69, 9.17) is 4.74 Å². The van der Waals surface area contributed by atoms with Gasteiger partial charge >= 0.3 is 11.7 Å². The number of ether oxygens (including phenoxy) is 1. The summed E-state index contributed by atoms with van der Waals surface area (Å²) >= 11 is 0. The molecule has 3 aromatic rings. The number of piperazine rings is 1. The summed E-state index contributed by atoms with van der Waals surface area (Å²) in [5, 5.41) is 3.83. The van der Waals surface area contributed by atoms with Crippen molar-refractivity contribution in [2.75, 3.05) is 45.9 Å². The fourth-order valence-electron chi connectivity index (χ4n) is 3.99. The molecule has 1 aliphatic heterocycles. The molecule has 4 rings (SSSR count). The zero-order valence-corrected chi connectivity index (χ0v) is 18.1. The standard InChI is InChI=1S/C22H30N6O3/c1-15(2)14-27-9-11-28(12-10-27)22(30)23-8-5-13-31-19-16-6-3-4-7-17(16)24-20-18(19)25-21(29)26-20/h3-4,6-7,15H,5,8-14H2,1-2H3,(H,23,30)(H2,24,25,26,29). The van der Waals surface area contributed by atoms with E-state index in [1.807, 2.05) is 29.2 Å². The third-order valence-corrected chi connectivity index (χ3v) is 5.44. The fraction of sp³-hybridized carbons (Fsp3) is 0.500. The van der Waals surface area contributed by atoms with Crippen LogP contribution < -0.4 is 15.7 Å². The summed E-state index contributed by atoms with van der Waals surface area (Å²) in [4.78, 5) is 38.3. The number of carbonyl (C=O) groups excluding carboxylic acids is 1. The van der Waals surface area contributed by atoms with Gasteiger partial charge in [-0.05, 0) is 24.5 Å². The predicted octanol–water partition coefficient (Wildman–Crippen LogP) is 2.16. The van der Waals surface area contributed by atoms with Crippen LogP contribution in [0.2, 0.25) is 0 Å². The number of nitrogens with one attached hydrogen (secondary N) is 3. The van der Waals surface area contributed by atoms with Crippen molar-refractivity contribution in [1.82, 2.24) is 30.1 Å². The lowest BCUT2D eigenvalue weighted by atomic mass is 10.2. The Kier molecular flexibility index (Phi) is 6.41. The number of amides is 2. The van der Waals surface area contributed by atoms with Gasteiger partial charge in [-0.2, -0.15) is 0 Å². The molecule has 0 spiro atoms. The Hall–Kier alpha value is -3.07. The molecule has 1 fully saturated rings. The minimum atomic E-state index is -0.316. The van der Waals surface area contributed by atoms with Crippen molar-refractivity contribution in [3.63, 3.8) is 0 Å². The zero-order chi connectivity index (χ0) is 21.8. The number of carbonyl (C=O) groups is 1. The molecule has 166 valence electrons. The molecule has 0 bridgehead atoms. The molecular weight excluding hydrogens is 396 g/mol. The number of aromatic amines is 2. The Balaban J connectivity index is 1.28. The normalized spacial score (nSPS) is 15.1. The van der Waals surface area contributed by atoms with E-state index in [0.717, 1.165) is 43.6 Å². The van der Waals surface area contributed by atoms with E-state index in [1.54, 1.807) is 0 Å². The van der Waals surface area contributed by atoms with Crippen LogP contribution in [0.5, 0.6) is 5.75 Å². The van der Waals surface area contributed by atoms with Gasteiger partial charge in [0.25, 0.3) is 0 Å². The van der Waals surface area contributed by atoms with E-state index in [-0.39, 0.29) is 11.7 Å². The van der Waals surface area contributed by atoms with Gasteiger partial charge in [-0.15, -0.1) is 0 Å². The Labute approximate surface area is 180 Å². The van der Waals surface area contributed by atoms with Gasteiger partial charge in [-0.25, -0.2) is 14.6 Å². The molecule has 31 heavy (non-hydrogen) atoms. The van der Waals surface area contributed by atoms with Crippen molar-refractivity contribution in [2.24, 2.45) is 5.92 Å². The SMILES string of the molecule is CC(C)CN1CCN(C(=O)NCCCOc2c3ccccc3nc3[nH]c(=O)[nH]c23)CC1. The number of fused-ring (bicyclic) bond motifs is 2. The van der Waals surface area contributed by atoms with Crippen molar-refractivity contribution in [2.45, 2.75) is 20.3 Å². The minimum absolute atomic E-state index is 0.0177. The first-order valence-corrected chi connectivity index (χ1v) is 10.9. The molecule has 1 aliphatic rings. The summed E-state index contributed by atoms with van der Waals surface area (Å²) < 4.78 is 6.02. The van der Waals surface area contributed by atoms with Gasteiger partial charge in [-0.1, -0.05) is 26.0 Å². The lowest BCUT2D eigenvalue weighted by Crippen LogP contribution is -2.52. The average Bonchev–Trinajstić information content (AvgIpc) is 3.12. The number of hydrogen-bond donors (Lipinski definition) is 3. The van der Waals surface area contributed by atoms with Gasteiger partial charge in [0.05, 0.1) is 12.1 Å². The van der Waals surface area contributed by atoms with E-state index >= 15 is 0 Å². The zero-order valence-electron chi connectivity index (χ0n) is 18.1. The lowest BCUT2D eigenvalue weighted by Gasteiger charge is -2.35. The van der Waals surface area contributed by atoms with Crippen LogP contribution in [0.4, 0.5) is 4.79 Å². The third kappa shape index (κ3) is 4.99. The number of aromatic nitrogens is 3. The summed E-state index contributed by atoms with van der Waals surface area (Å²) in [6, 6.07) is 7.59. The monoisotopic (exact) mass is 426 g/mol. The number of imidazole rings is 1. The molecule has 0 atom stereocenters. The summed E-state index contributed by atoms with van der Waals surface area (Å²) in [5.74, 6) is 1.25. The van der Waals surface area contributed by atoms with E-state index in [1.165, 1.54) is 0 Å². The molecule has 1 saturated heterocycles. The maximum Gasteiger partial charge on any atom is 0.325 e. The fourth-order valence-corrected chi connectivity index (χ4v) is 3.99. The number of hydrogen-bond acceptors (Lipinski definition) is 5. The van der Waals surface area contributed by atoms with Crippen molar-refractivity contribution in [1.29, 1.82) is 0 Å². The van der Waals surface area contributed by atoms with Crippen LogP contribution in [0.15, 0.2) is 29.1 Å². The molecule has 3 heterocycles. The topological polar surface area (TPSA) is 106 Å². The molecule has 0 aliphatic carbocycles. The molecule has 0 unspecified atom stereocenters. The second kappa shape index (κ2) is 9.38. The number of pyridine rings is 1. The molecule has 0 radical (unpaired) electrons. The van der Waals surface area contributed by atoms with Crippen LogP contribution in [0.25, 0.3) is 22.1 Å². The highest BCUT2D eigenvalue weighted by Gasteiger charge is 2.21. The smallest absolute Gasteiger partial charge is 0.325 e. The lowest BCUT2D eigenvalue weighted by molar-refractivity contribution is 0.131. The molecule has 2 aromatic heterocycles. The molecule has 9 nitrogen and oxygen atoms in total. The Bertz CT molecular complexity index is 1100. The first-order valence-electron chi connectivity index (χ1n) is 10.9. The Morgan fingerprint density at radius 2 is 1.97 bits per heavy atom. The highest BCUT2D eigenvalue weighted by atomic mass is 16.5. The van der Waals surface area contributed by atoms with E-state index < -0.39 is 0 Å². The predicted molar refractivity (Wildman–Crippen MR) is 121 cm³/mol. The van der Waals surface area contributed by atoms with Gasteiger partial charge in [0, 0.05) is 44.7 Å². The van der Waals surface area contributed by atoms with Gasteiger partial charge in [-0.3, -0.25) is 9.88 Å². The van der Waals surface area contributed by atoms with Crippen LogP contribution in [0, 0.1) is 5.92 Å². The quantitative estimate of drug-likeness (QED) is 0.502. The van der Waals surface area contributed by atoms with E-state index in [0.29, 0.717) is 42.4 Å². The maximum absolute atomic E-state index is 12.4. The summed E-state index contributed by atoms with van der Waals surface area (Å²) in [6.45, 7) is 9.83. The minimum Gasteiger partial charge on any atom is -0.490 e. The molecular formula is C22H30N6O3. The second-order valence-electron chi connectivity index (χ2n) is 8.38.